The van der Waals surface area contributed by atoms with Crippen molar-refractivity contribution in [3.05, 3.63) is 139 Å². The van der Waals surface area contributed by atoms with Crippen LogP contribution in [0.3, 0.4) is 0 Å². The molecule has 0 aliphatic rings. The van der Waals surface area contributed by atoms with Gasteiger partial charge >= 0.3 is 0 Å². The molecule has 0 aliphatic heterocycles. The van der Waals surface area contributed by atoms with Gasteiger partial charge in [-0.3, -0.25) is 0 Å². The second kappa shape index (κ2) is 10.4. The number of hydrogen-bond donors (Lipinski definition) is 0. The van der Waals surface area contributed by atoms with E-state index >= 15 is 0 Å². The van der Waals surface area contributed by atoms with Crippen molar-refractivity contribution in [3.63, 3.8) is 0 Å². The van der Waals surface area contributed by atoms with Crippen molar-refractivity contribution in [1.82, 2.24) is 14.5 Å². The van der Waals surface area contributed by atoms with Crippen molar-refractivity contribution in [3.8, 4) is 16.9 Å². The molecule has 0 amide bonds. The van der Waals surface area contributed by atoms with Crippen LogP contribution in [0.5, 0.6) is 0 Å². The molecule has 5 aromatic carbocycles. The summed E-state index contributed by atoms with van der Waals surface area (Å²) in [7, 11) is 0. The summed E-state index contributed by atoms with van der Waals surface area (Å²) >= 11 is 0. The fourth-order valence-electron chi connectivity index (χ4n) is 5.44. The van der Waals surface area contributed by atoms with Crippen LogP contribution in [-0.2, 0) is 20.1 Å². The number of pyridine rings is 2. The first kappa shape index (κ1) is 24.9. The predicted molar refractivity (Wildman–Crippen MR) is 157 cm³/mol. The Bertz CT molecular complexity index is 1940. The quantitative estimate of drug-likeness (QED) is 0.136. The minimum atomic E-state index is 0. The molecular weight excluding hydrogens is 655 g/mol. The van der Waals surface area contributed by atoms with Gasteiger partial charge in [-0.15, -0.1) is 59.5 Å². The van der Waals surface area contributed by atoms with Gasteiger partial charge < -0.3 is 14.5 Å². The number of benzene rings is 5. The monoisotopic (exact) mass is 678 g/mol. The molecule has 0 spiro atoms. The van der Waals surface area contributed by atoms with E-state index in [2.05, 4.69) is 100 Å². The van der Waals surface area contributed by atoms with Crippen LogP contribution >= 0.6 is 0 Å². The van der Waals surface area contributed by atoms with Crippen molar-refractivity contribution in [2.45, 2.75) is 6.92 Å². The van der Waals surface area contributed by atoms with E-state index in [1.54, 1.807) is 0 Å². The van der Waals surface area contributed by atoms with Crippen molar-refractivity contribution < 1.29 is 20.1 Å². The molecule has 0 fully saturated rings. The first-order chi connectivity index (χ1) is 18.8. The van der Waals surface area contributed by atoms with E-state index in [0.717, 1.165) is 22.2 Å². The number of hydrogen-bond acceptors (Lipinski definition) is 2. The van der Waals surface area contributed by atoms with Gasteiger partial charge in [-0.1, -0.05) is 53.4 Å². The third-order valence-electron chi connectivity index (χ3n) is 7.07. The Labute approximate surface area is 240 Å². The minimum absolute atomic E-state index is 0. The second-order valence-electron chi connectivity index (χ2n) is 9.33. The van der Waals surface area contributed by atoms with Gasteiger partial charge in [0.1, 0.15) is 0 Å². The Morgan fingerprint density at radius 2 is 1.38 bits per heavy atom. The summed E-state index contributed by atoms with van der Waals surface area (Å²) < 4.78 is 2.34. The molecule has 0 atom stereocenters. The molecule has 0 aliphatic carbocycles. The first-order valence-corrected chi connectivity index (χ1v) is 12.7. The molecule has 0 saturated carbocycles. The summed E-state index contributed by atoms with van der Waals surface area (Å²) in [6, 6.07) is 43.9. The van der Waals surface area contributed by atoms with Crippen molar-refractivity contribution >= 4 is 43.5 Å². The van der Waals surface area contributed by atoms with E-state index in [9.17, 15) is 0 Å². The Balaban J connectivity index is 0.000000169. The van der Waals surface area contributed by atoms with Crippen molar-refractivity contribution in [2.24, 2.45) is 0 Å². The largest absolute Gasteiger partial charge is 0.328 e. The number of aromatic nitrogens is 3. The molecule has 39 heavy (non-hydrogen) atoms. The molecule has 3 nitrogen and oxygen atoms in total. The maximum absolute atomic E-state index is 4.67. The molecule has 1 radical (unpaired) electrons. The van der Waals surface area contributed by atoms with Gasteiger partial charge in [0.2, 0.25) is 0 Å². The molecule has 189 valence electrons. The van der Waals surface area contributed by atoms with Gasteiger partial charge in [-0.05, 0) is 70.1 Å². The maximum atomic E-state index is 4.67. The Morgan fingerprint density at radius 3 is 2.21 bits per heavy atom. The van der Waals surface area contributed by atoms with E-state index in [1.807, 2.05) is 54.9 Å². The van der Waals surface area contributed by atoms with E-state index in [4.69, 9.17) is 0 Å². The summed E-state index contributed by atoms with van der Waals surface area (Å²) in [5, 5.41) is 6.10. The fraction of sp³-hybridized carbons (Fsp3) is 0.0286. The van der Waals surface area contributed by atoms with Gasteiger partial charge in [0.15, 0.2) is 0 Å². The van der Waals surface area contributed by atoms with Gasteiger partial charge in [0.25, 0.3) is 0 Å². The standard InChI is InChI=1S/C23H13N2.C12H10N.Ir/c1-2-7-15(8-3-1)25-19-12-4-9-16-17-11-6-14-24-23(17)18-10-5-13-20(25)22(18)21(16)19;1-10-6-5-9-13-12(10)11-7-3-2-4-8-11;/h1-9,11-14H;2-7,9H,1H3;/q2*-1;. The summed E-state index contributed by atoms with van der Waals surface area (Å²) in [4.78, 5) is 8.99. The molecule has 4 heteroatoms. The molecule has 0 N–H and O–H groups in total. The molecule has 8 aromatic rings. The van der Waals surface area contributed by atoms with Crippen LogP contribution in [0.15, 0.2) is 122 Å². The second-order valence-corrected chi connectivity index (χ2v) is 9.33. The third kappa shape index (κ3) is 4.19. The molecule has 0 saturated heterocycles. The Morgan fingerprint density at radius 1 is 0.615 bits per heavy atom. The van der Waals surface area contributed by atoms with Crippen LogP contribution in [0.2, 0.25) is 0 Å². The van der Waals surface area contributed by atoms with Gasteiger partial charge in [-0.2, -0.15) is 0 Å². The van der Waals surface area contributed by atoms with Crippen LogP contribution in [0, 0.1) is 19.1 Å². The number of aryl methyl sites for hydroxylation is 1. The number of rotatable bonds is 2. The molecule has 0 unspecified atom stereocenters. The summed E-state index contributed by atoms with van der Waals surface area (Å²) in [6.45, 7) is 2.06. The van der Waals surface area contributed by atoms with Crippen LogP contribution in [0.4, 0.5) is 0 Å². The van der Waals surface area contributed by atoms with Crippen molar-refractivity contribution in [1.29, 1.82) is 0 Å². The molecule has 3 heterocycles. The maximum Gasteiger partial charge on any atom is 0.0444 e. The number of fused-ring (bicyclic) bond motifs is 3. The van der Waals surface area contributed by atoms with Crippen LogP contribution in [-0.4, -0.2) is 14.5 Å². The summed E-state index contributed by atoms with van der Waals surface area (Å²) in [5.74, 6) is 0. The fourth-order valence-corrected chi connectivity index (χ4v) is 5.44. The summed E-state index contributed by atoms with van der Waals surface area (Å²) in [6.07, 6.45) is 3.67. The first-order valence-electron chi connectivity index (χ1n) is 12.7. The smallest absolute Gasteiger partial charge is 0.0444 e. The van der Waals surface area contributed by atoms with Crippen LogP contribution in [0.1, 0.15) is 5.56 Å². The van der Waals surface area contributed by atoms with Gasteiger partial charge in [-0.25, -0.2) is 0 Å². The summed E-state index contributed by atoms with van der Waals surface area (Å²) in [5.41, 5.74) is 7.90. The van der Waals surface area contributed by atoms with Gasteiger partial charge in [0, 0.05) is 43.7 Å². The van der Waals surface area contributed by atoms with Crippen LogP contribution in [0.25, 0.3) is 60.4 Å². The number of nitrogens with zero attached hydrogens (tertiary/aromatic N) is 3. The van der Waals surface area contributed by atoms with E-state index in [-0.39, 0.29) is 20.1 Å². The van der Waals surface area contributed by atoms with E-state index in [1.165, 1.54) is 43.8 Å². The van der Waals surface area contributed by atoms with Gasteiger partial charge in [0.05, 0.1) is 0 Å². The number of para-hydroxylation sites is 1. The molecular formula is C35H23IrN3-2. The zero-order valence-electron chi connectivity index (χ0n) is 21.2. The molecule has 0 bridgehead atoms. The topological polar surface area (TPSA) is 30.7 Å². The van der Waals surface area contributed by atoms with Crippen molar-refractivity contribution in [2.75, 3.05) is 0 Å². The zero-order valence-corrected chi connectivity index (χ0v) is 23.6. The predicted octanol–water partition coefficient (Wildman–Crippen LogP) is 8.58. The Hall–Kier alpha value is -4.37. The average Bonchev–Trinajstić information content (AvgIpc) is 3.33. The minimum Gasteiger partial charge on any atom is -0.328 e. The zero-order chi connectivity index (χ0) is 25.5. The van der Waals surface area contributed by atoms with E-state index < -0.39 is 0 Å². The van der Waals surface area contributed by atoms with Crippen LogP contribution < -0.4 is 0 Å². The van der Waals surface area contributed by atoms with E-state index in [0.29, 0.717) is 0 Å². The average molecular weight is 678 g/mol. The molecule has 3 aromatic heterocycles. The third-order valence-corrected chi connectivity index (χ3v) is 7.07. The SMILES string of the molecule is Cc1cccnc1-c1[c-]cccc1.[Ir].[c-]1ccc2c3c1c1ncccc1c1cccc(c13)n2-c1ccccc1. The Kier molecular flexibility index (Phi) is 6.66. The molecule has 8 rings (SSSR count). The normalized spacial score (nSPS) is 11.0.